The van der Waals surface area contributed by atoms with E-state index in [9.17, 15) is 19.2 Å². The zero-order valence-corrected chi connectivity index (χ0v) is 17.5. The van der Waals surface area contributed by atoms with Gasteiger partial charge in [0.25, 0.3) is 5.91 Å². The van der Waals surface area contributed by atoms with Gasteiger partial charge >= 0.3 is 11.9 Å². The van der Waals surface area contributed by atoms with Crippen molar-refractivity contribution < 1.29 is 37.5 Å². The van der Waals surface area contributed by atoms with Crippen molar-refractivity contribution in [2.24, 2.45) is 0 Å². The van der Waals surface area contributed by atoms with Gasteiger partial charge in [0.05, 0.1) is 12.2 Å². The number of benzene rings is 1. The highest BCUT2D eigenvalue weighted by Crippen LogP contribution is 2.29. The number of nitrogens with one attached hydrogen (secondary N) is 1. The summed E-state index contributed by atoms with van der Waals surface area (Å²) in [5.74, 6) is -2.91. The van der Waals surface area contributed by atoms with Crippen LogP contribution in [0.15, 0.2) is 33.1 Å². The molecule has 2 aromatic heterocycles. The minimum Gasteiger partial charge on any atom is -0.462 e. The molecule has 0 bridgehead atoms. The van der Waals surface area contributed by atoms with Crippen LogP contribution in [-0.2, 0) is 14.3 Å². The van der Waals surface area contributed by atoms with E-state index < -0.39 is 30.2 Å². The fourth-order valence-corrected chi connectivity index (χ4v) is 3.18. The van der Waals surface area contributed by atoms with Crippen molar-refractivity contribution in [1.29, 1.82) is 0 Å². The maximum Gasteiger partial charge on any atom is 0.375 e. The molecule has 9 nitrogen and oxygen atoms in total. The number of esters is 2. The van der Waals surface area contributed by atoms with E-state index in [1.165, 1.54) is 13.8 Å². The van der Waals surface area contributed by atoms with Gasteiger partial charge in [-0.3, -0.25) is 14.9 Å². The summed E-state index contributed by atoms with van der Waals surface area (Å²) < 4.78 is 20.9. The molecule has 0 aliphatic heterocycles. The fraction of sp³-hybridized carbons (Fsp3) is 0.273. The Bertz CT molecular complexity index is 1180. The lowest BCUT2D eigenvalue weighted by Gasteiger charge is -2.06. The minimum atomic E-state index is -0.811. The van der Waals surface area contributed by atoms with Crippen molar-refractivity contribution in [3.8, 4) is 0 Å². The Morgan fingerprint density at radius 2 is 1.68 bits per heavy atom. The molecule has 0 fully saturated rings. The van der Waals surface area contributed by atoms with Gasteiger partial charge < -0.3 is 18.3 Å². The summed E-state index contributed by atoms with van der Waals surface area (Å²) in [7, 11) is 0. The lowest BCUT2D eigenvalue weighted by atomic mass is 10.1. The van der Waals surface area contributed by atoms with Crippen molar-refractivity contribution in [2.45, 2.75) is 27.7 Å². The topological polar surface area (TPSA) is 125 Å². The number of ether oxygens (including phenoxy) is 2. The number of carbonyl (C=O) groups excluding carboxylic acids is 4. The third-order valence-corrected chi connectivity index (χ3v) is 4.53. The molecule has 0 atom stereocenters. The predicted molar refractivity (Wildman–Crippen MR) is 109 cm³/mol. The number of rotatable bonds is 7. The van der Waals surface area contributed by atoms with Crippen molar-refractivity contribution >= 4 is 40.5 Å². The average molecular weight is 427 g/mol. The number of anilines is 1. The normalized spacial score (nSPS) is 10.7. The number of Topliss-reactive ketones (excluding diaryl/α,β-unsaturated/α-hetero) is 1. The molecule has 0 aliphatic rings. The van der Waals surface area contributed by atoms with Crippen LogP contribution in [0.1, 0.15) is 56.4 Å². The van der Waals surface area contributed by atoms with Gasteiger partial charge in [-0.05, 0) is 33.8 Å². The maximum absolute atomic E-state index is 12.4. The first-order valence-corrected chi connectivity index (χ1v) is 9.51. The summed E-state index contributed by atoms with van der Waals surface area (Å²) in [6, 6.07) is 7.11. The first-order chi connectivity index (χ1) is 14.7. The van der Waals surface area contributed by atoms with E-state index in [0.29, 0.717) is 11.1 Å². The highest BCUT2D eigenvalue weighted by molar-refractivity contribution is 6.11. The number of hydrogen-bond acceptors (Lipinski definition) is 8. The van der Waals surface area contributed by atoms with Crippen LogP contribution in [-0.4, -0.2) is 36.8 Å². The maximum atomic E-state index is 12.4. The SMILES string of the molecule is CCOC(=O)c1c(NC(=O)COC(=O)c2oc3ccccc3c2C)oc(C)c1C(C)=O. The van der Waals surface area contributed by atoms with Gasteiger partial charge in [-0.2, -0.15) is 0 Å². The predicted octanol–water partition coefficient (Wildman–Crippen LogP) is 3.82. The molecule has 0 spiro atoms. The van der Waals surface area contributed by atoms with E-state index in [0.717, 1.165) is 5.39 Å². The number of para-hydroxylation sites is 1. The van der Waals surface area contributed by atoms with Gasteiger partial charge in [-0.25, -0.2) is 9.59 Å². The summed E-state index contributed by atoms with van der Waals surface area (Å²) in [5.41, 5.74) is 0.958. The molecule has 1 amide bonds. The molecule has 9 heteroatoms. The van der Waals surface area contributed by atoms with Crippen LogP contribution in [0, 0.1) is 13.8 Å². The molecule has 1 N–H and O–H groups in total. The van der Waals surface area contributed by atoms with Crippen molar-refractivity contribution in [3.05, 3.63) is 52.5 Å². The summed E-state index contributed by atoms with van der Waals surface area (Å²) in [4.78, 5) is 48.9. The zero-order chi connectivity index (χ0) is 22.7. The Kier molecular flexibility index (Phi) is 6.24. The van der Waals surface area contributed by atoms with E-state index >= 15 is 0 Å². The Morgan fingerprint density at radius 3 is 2.32 bits per heavy atom. The fourth-order valence-electron chi connectivity index (χ4n) is 3.18. The number of carbonyl (C=O) groups is 4. The summed E-state index contributed by atoms with van der Waals surface area (Å²) in [5, 5.41) is 3.11. The number of fused-ring (bicyclic) bond motifs is 1. The number of furan rings is 2. The molecule has 2 heterocycles. The molecule has 0 aliphatic carbocycles. The molecular weight excluding hydrogens is 406 g/mol. The van der Waals surface area contributed by atoms with E-state index in [4.69, 9.17) is 18.3 Å². The zero-order valence-electron chi connectivity index (χ0n) is 17.5. The van der Waals surface area contributed by atoms with Gasteiger partial charge in [0.15, 0.2) is 12.4 Å². The first kappa shape index (κ1) is 21.8. The Morgan fingerprint density at radius 1 is 0.968 bits per heavy atom. The van der Waals surface area contributed by atoms with Crippen LogP contribution < -0.4 is 5.32 Å². The molecule has 0 radical (unpaired) electrons. The smallest absolute Gasteiger partial charge is 0.375 e. The highest BCUT2D eigenvalue weighted by atomic mass is 16.5. The lowest BCUT2D eigenvalue weighted by molar-refractivity contribution is -0.119. The van der Waals surface area contributed by atoms with E-state index in [1.54, 1.807) is 32.0 Å². The van der Waals surface area contributed by atoms with Gasteiger partial charge in [0.2, 0.25) is 11.6 Å². The number of ketones is 1. The van der Waals surface area contributed by atoms with Crippen LogP contribution in [0.2, 0.25) is 0 Å². The molecule has 3 aromatic rings. The quantitative estimate of drug-likeness (QED) is 0.446. The van der Waals surface area contributed by atoms with Gasteiger partial charge in [-0.1, -0.05) is 18.2 Å². The third-order valence-electron chi connectivity index (χ3n) is 4.53. The lowest BCUT2D eigenvalue weighted by Crippen LogP contribution is -2.22. The molecule has 0 unspecified atom stereocenters. The average Bonchev–Trinajstić information content (AvgIpc) is 3.23. The number of amides is 1. The van der Waals surface area contributed by atoms with Gasteiger partial charge in [0.1, 0.15) is 16.9 Å². The first-order valence-electron chi connectivity index (χ1n) is 9.51. The Labute approximate surface area is 177 Å². The molecule has 3 rings (SSSR count). The van der Waals surface area contributed by atoms with Crippen molar-refractivity contribution in [3.63, 3.8) is 0 Å². The second kappa shape index (κ2) is 8.86. The molecule has 0 saturated heterocycles. The van der Waals surface area contributed by atoms with Crippen LogP contribution in [0.5, 0.6) is 0 Å². The third kappa shape index (κ3) is 4.35. The minimum absolute atomic E-state index is 0.00563. The van der Waals surface area contributed by atoms with E-state index in [-0.39, 0.29) is 35.1 Å². The Balaban J connectivity index is 1.74. The molecule has 31 heavy (non-hydrogen) atoms. The van der Waals surface area contributed by atoms with Gasteiger partial charge in [0, 0.05) is 10.9 Å². The van der Waals surface area contributed by atoms with Crippen molar-refractivity contribution in [1.82, 2.24) is 0 Å². The molecule has 162 valence electrons. The second-order valence-corrected chi connectivity index (χ2v) is 6.69. The monoisotopic (exact) mass is 427 g/mol. The molecule has 1 aromatic carbocycles. The van der Waals surface area contributed by atoms with Crippen LogP contribution in [0.4, 0.5) is 5.88 Å². The highest BCUT2D eigenvalue weighted by Gasteiger charge is 2.29. The summed E-state index contributed by atoms with van der Waals surface area (Å²) >= 11 is 0. The second-order valence-electron chi connectivity index (χ2n) is 6.69. The van der Waals surface area contributed by atoms with Crippen LogP contribution >= 0.6 is 0 Å². The van der Waals surface area contributed by atoms with E-state index in [2.05, 4.69) is 5.32 Å². The number of aryl methyl sites for hydroxylation is 2. The van der Waals surface area contributed by atoms with Crippen molar-refractivity contribution in [2.75, 3.05) is 18.5 Å². The Hall–Kier alpha value is -3.88. The van der Waals surface area contributed by atoms with Crippen LogP contribution in [0.25, 0.3) is 11.0 Å². The van der Waals surface area contributed by atoms with Gasteiger partial charge in [-0.15, -0.1) is 0 Å². The molecular formula is C22H21NO8. The molecule has 0 saturated carbocycles. The van der Waals surface area contributed by atoms with E-state index in [1.807, 2.05) is 6.07 Å². The number of hydrogen-bond donors (Lipinski definition) is 1. The summed E-state index contributed by atoms with van der Waals surface area (Å²) in [6.45, 7) is 5.48. The van der Waals surface area contributed by atoms with Crippen LogP contribution in [0.3, 0.4) is 0 Å². The largest absolute Gasteiger partial charge is 0.462 e. The standard InChI is InChI=1S/C22H21NO8/c1-5-28-21(26)18-17(12(3)24)13(4)30-20(18)23-16(25)10-29-22(27)19-11(2)14-8-6-7-9-15(14)31-19/h6-9H,5,10H2,1-4H3,(H,23,25). The summed E-state index contributed by atoms with van der Waals surface area (Å²) in [6.07, 6.45) is 0.